The molecule has 1 atom stereocenters. The molecule has 1 amide bonds. The van der Waals surface area contributed by atoms with E-state index in [1.165, 1.54) is 6.07 Å². The van der Waals surface area contributed by atoms with Gasteiger partial charge in [0.2, 0.25) is 5.91 Å². The third-order valence-electron chi connectivity index (χ3n) is 4.27. The summed E-state index contributed by atoms with van der Waals surface area (Å²) in [5.41, 5.74) is 7.13. The van der Waals surface area contributed by atoms with Crippen LogP contribution in [0, 0.1) is 22.7 Å². The lowest BCUT2D eigenvalue weighted by atomic mass is 10.00. The molecule has 6 nitrogen and oxygen atoms in total. The van der Waals surface area contributed by atoms with Crippen LogP contribution < -0.4 is 11.1 Å². The number of nitrogens with zero attached hydrogens (tertiary/aromatic N) is 3. The monoisotopic (exact) mass is 387 g/mol. The minimum Gasteiger partial charge on any atom is -0.383 e. The molecule has 0 radical (unpaired) electrons. The molecule has 0 saturated heterocycles. The Hall–Kier alpha value is -3.55. The number of rotatable bonds is 5. The number of amides is 1. The van der Waals surface area contributed by atoms with E-state index in [9.17, 15) is 10.1 Å². The first-order chi connectivity index (χ1) is 13.5. The zero-order valence-corrected chi connectivity index (χ0v) is 16.0. The van der Waals surface area contributed by atoms with Gasteiger partial charge in [-0.15, -0.1) is 0 Å². The Kier molecular flexibility index (Phi) is 5.78. The second-order valence-electron chi connectivity index (χ2n) is 6.14. The molecule has 2 aromatic carbocycles. The van der Waals surface area contributed by atoms with E-state index in [1.54, 1.807) is 0 Å². The van der Waals surface area contributed by atoms with Gasteiger partial charge >= 0.3 is 0 Å². The number of carbonyl (C=O) groups excluding carboxylic acids is 1. The molecule has 0 aliphatic heterocycles. The van der Waals surface area contributed by atoms with Crippen LogP contribution in [0.15, 0.2) is 53.6 Å². The fourth-order valence-electron chi connectivity index (χ4n) is 2.91. The van der Waals surface area contributed by atoms with Gasteiger partial charge in [0.1, 0.15) is 23.0 Å². The molecule has 0 bridgehead atoms. The normalized spacial score (nSPS) is 11.4. The number of anilines is 1. The van der Waals surface area contributed by atoms with Gasteiger partial charge in [0.05, 0.1) is 22.9 Å². The predicted molar refractivity (Wildman–Crippen MR) is 109 cm³/mol. The number of nitrogens with two attached hydrogens (primary N) is 1. The number of thioether (sulfide) groups is 1. The second kappa shape index (κ2) is 8.43. The lowest BCUT2D eigenvalue weighted by molar-refractivity contribution is -0.119. The third-order valence-corrected chi connectivity index (χ3v) is 5.26. The van der Waals surface area contributed by atoms with Gasteiger partial charge in [0, 0.05) is 0 Å². The Morgan fingerprint density at radius 1 is 1.18 bits per heavy atom. The van der Waals surface area contributed by atoms with Crippen LogP contribution in [0.2, 0.25) is 0 Å². The number of hydrogen-bond acceptors (Lipinski definition) is 6. The number of aromatic nitrogens is 1. The van der Waals surface area contributed by atoms with Crippen LogP contribution in [-0.4, -0.2) is 16.6 Å². The van der Waals surface area contributed by atoms with Crippen LogP contribution in [0.1, 0.15) is 29.7 Å². The molecule has 0 aliphatic carbocycles. The van der Waals surface area contributed by atoms with Crippen LogP contribution in [0.5, 0.6) is 0 Å². The molecule has 0 fully saturated rings. The van der Waals surface area contributed by atoms with E-state index in [2.05, 4.69) is 10.3 Å². The highest BCUT2D eigenvalue weighted by Crippen LogP contribution is 2.26. The Labute approximate surface area is 167 Å². The van der Waals surface area contributed by atoms with Gasteiger partial charge in [-0.1, -0.05) is 54.2 Å². The largest absolute Gasteiger partial charge is 0.383 e. The maximum Gasteiger partial charge on any atom is 0.230 e. The third kappa shape index (κ3) is 4.06. The highest BCUT2D eigenvalue weighted by atomic mass is 32.2. The van der Waals surface area contributed by atoms with Crippen LogP contribution >= 0.6 is 11.8 Å². The molecule has 3 rings (SSSR count). The fourth-order valence-corrected chi connectivity index (χ4v) is 3.69. The average molecular weight is 387 g/mol. The highest BCUT2D eigenvalue weighted by Gasteiger charge is 2.15. The summed E-state index contributed by atoms with van der Waals surface area (Å²) >= 11 is 1.12. The molecule has 3 aromatic rings. The standard InChI is InChI=1S/C21H17N5OS/c1-13(17-8-4-6-14-5-2-3-7-18(14)17)25-19(27)12-28-21-16(11-23)9-15(10-22)20(24)26-21/h2-9,13H,12H2,1H3,(H2,24,26)(H,25,27)/t13-/m1/s1. The average Bonchev–Trinajstić information content (AvgIpc) is 2.71. The van der Waals surface area contributed by atoms with Gasteiger partial charge in [-0.05, 0) is 29.3 Å². The van der Waals surface area contributed by atoms with Crippen molar-refractivity contribution in [1.29, 1.82) is 10.5 Å². The second-order valence-corrected chi connectivity index (χ2v) is 7.11. The lowest BCUT2D eigenvalue weighted by Gasteiger charge is -2.16. The molecule has 1 heterocycles. The van der Waals surface area contributed by atoms with E-state index in [0.717, 1.165) is 28.1 Å². The molecule has 138 valence electrons. The lowest BCUT2D eigenvalue weighted by Crippen LogP contribution is -2.28. The summed E-state index contributed by atoms with van der Waals surface area (Å²) in [6.07, 6.45) is 0. The number of pyridine rings is 1. The van der Waals surface area contributed by atoms with Crippen molar-refractivity contribution in [1.82, 2.24) is 10.3 Å². The van der Waals surface area contributed by atoms with Crippen molar-refractivity contribution in [3.8, 4) is 12.1 Å². The summed E-state index contributed by atoms with van der Waals surface area (Å²) < 4.78 is 0. The van der Waals surface area contributed by atoms with E-state index >= 15 is 0 Å². The zero-order valence-electron chi connectivity index (χ0n) is 15.1. The van der Waals surface area contributed by atoms with Gasteiger partial charge in [-0.2, -0.15) is 10.5 Å². The zero-order chi connectivity index (χ0) is 20.1. The minimum atomic E-state index is -0.181. The van der Waals surface area contributed by atoms with E-state index in [4.69, 9.17) is 11.0 Å². The Balaban J connectivity index is 1.70. The summed E-state index contributed by atoms with van der Waals surface area (Å²) in [6.45, 7) is 1.93. The molecule has 1 aromatic heterocycles. The number of nitrogens with one attached hydrogen (secondary N) is 1. The number of benzene rings is 2. The van der Waals surface area contributed by atoms with Crippen LogP contribution in [-0.2, 0) is 4.79 Å². The van der Waals surface area contributed by atoms with Crippen LogP contribution in [0.3, 0.4) is 0 Å². The fraction of sp³-hybridized carbons (Fsp3) is 0.143. The number of fused-ring (bicyclic) bond motifs is 1. The first-order valence-corrected chi connectivity index (χ1v) is 9.52. The maximum atomic E-state index is 12.4. The van der Waals surface area contributed by atoms with Crippen molar-refractivity contribution in [2.45, 2.75) is 18.0 Å². The number of carbonyl (C=O) groups is 1. The SMILES string of the molecule is C[C@@H](NC(=O)CSc1nc(N)c(C#N)cc1C#N)c1cccc2ccccc12. The molecule has 7 heteroatoms. The summed E-state index contributed by atoms with van der Waals surface area (Å²) in [5.74, 6) is -0.0464. The number of nitriles is 2. The maximum absolute atomic E-state index is 12.4. The topological polar surface area (TPSA) is 116 Å². The van der Waals surface area contributed by atoms with Gasteiger partial charge in [-0.25, -0.2) is 4.98 Å². The molecule has 0 spiro atoms. The van der Waals surface area contributed by atoms with Crippen molar-refractivity contribution >= 4 is 34.3 Å². The summed E-state index contributed by atoms with van der Waals surface area (Å²) in [4.78, 5) is 16.5. The predicted octanol–water partition coefficient (Wildman–Crippen LogP) is 3.53. The van der Waals surface area contributed by atoms with Gasteiger partial charge in [0.15, 0.2) is 0 Å². The first-order valence-electron chi connectivity index (χ1n) is 8.54. The van der Waals surface area contributed by atoms with Crippen LogP contribution in [0.4, 0.5) is 5.82 Å². The Morgan fingerprint density at radius 3 is 2.64 bits per heavy atom. The molecule has 0 unspecified atom stereocenters. The van der Waals surface area contributed by atoms with Gasteiger partial charge in [0.25, 0.3) is 0 Å². The van der Waals surface area contributed by atoms with E-state index in [1.807, 2.05) is 61.5 Å². The van der Waals surface area contributed by atoms with E-state index in [0.29, 0.717) is 5.03 Å². The molecule has 28 heavy (non-hydrogen) atoms. The summed E-state index contributed by atoms with van der Waals surface area (Å²) in [5, 5.41) is 23.7. The quantitative estimate of drug-likeness (QED) is 0.647. The van der Waals surface area contributed by atoms with Crippen molar-refractivity contribution < 1.29 is 4.79 Å². The molecule has 0 saturated carbocycles. The van der Waals surface area contributed by atoms with Crippen molar-refractivity contribution in [3.63, 3.8) is 0 Å². The molecular weight excluding hydrogens is 370 g/mol. The van der Waals surface area contributed by atoms with Crippen molar-refractivity contribution in [3.05, 3.63) is 65.2 Å². The van der Waals surface area contributed by atoms with Crippen molar-refractivity contribution in [2.24, 2.45) is 0 Å². The van der Waals surface area contributed by atoms with Gasteiger partial charge < -0.3 is 11.1 Å². The minimum absolute atomic E-state index is 0.0496. The molecule has 0 aliphatic rings. The number of nitrogen functional groups attached to an aromatic ring is 1. The molecular formula is C21H17N5OS. The van der Waals surface area contributed by atoms with Crippen molar-refractivity contribution in [2.75, 3.05) is 11.5 Å². The Morgan fingerprint density at radius 2 is 1.89 bits per heavy atom. The smallest absolute Gasteiger partial charge is 0.230 e. The highest BCUT2D eigenvalue weighted by molar-refractivity contribution is 8.00. The number of hydrogen-bond donors (Lipinski definition) is 2. The first kappa shape index (κ1) is 19.2. The summed E-state index contributed by atoms with van der Waals surface area (Å²) in [7, 11) is 0. The van der Waals surface area contributed by atoms with E-state index < -0.39 is 0 Å². The molecule has 3 N–H and O–H groups in total. The van der Waals surface area contributed by atoms with Crippen LogP contribution in [0.25, 0.3) is 10.8 Å². The van der Waals surface area contributed by atoms with Gasteiger partial charge in [-0.3, -0.25) is 4.79 Å². The summed E-state index contributed by atoms with van der Waals surface area (Å²) in [6, 6.07) is 19.1. The van der Waals surface area contributed by atoms with E-state index in [-0.39, 0.29) is 34.6 Å². The Bertz CT molecular complexity index is 1120.